The molecular weight excluding hydrogens is 300 g/mol. The monoisotopic (exact) mass is 329 g/mol. The van der Waals surface area contributed by atoms with Gasteiger partial charge in [-0.3, -0.25) is 0 Å². The minimum atomic E-state index is 1.17. The van der Waals surface area contributed by atoms with Crippen LogP contribution in [-0.2, 0) is 13.6 Å². The molecule has 0 N–H and O–H groups in total. The molecule has 0 aliphatic heterocycles. The quantitative estimate of drug-likeness (QED) is 0.301. The van der Waals surface area contributed by atoms with Gasteiger partial charge in [-0.05, 0) is 19.3 Å². The molecule has 0 fully saturated rings. The highest BCUT2D eigenvalue weighted by molar-refractivity contribution is 9.09. The second-order valence-corrected chi connectivity index (χ2v) is 6.33. The highest BCUT2D eigenvalue weighted by atomic mass is 79.9. The molecule has 19 heavy (non-hydrogen) atoms. The summed E-state index contributed by atoms with van der Waals surface area (Å²) in [4.78, 5) is 0. The molecule has 0 radical (unpaired) electrons. The van der Waals surface area contributed by atoms with Gasteiger partial charge in [0.05, 0.1) is 13.6 Å². The first-order valence-corrected chi connectivity index (χ1v) is 9.02. The second kappa shape index (κ2) is 11.5. The summed E-state index contributed by atoms with van der Waals surface area (Å²) < 4.78 is 4.39. The Hall–Kier alpha value is -0.310. The standard InChI is InChI=1S/C16H30BrN2/c1-18-14-15-19(16-18)13-11-9-7-5-3-2-4-6-8-10-12-17/h14-16H,2-13H2,1H3/q+1. The first kappa shape index (κ1) is 16.7. The van der Waals surface area contributed by atoms with Crippen molar-refractivity contribution in [3.63, 3.8) is 0 Å². The maximum absolute atomic E-state index is 3.48. The Morgan fingerprint density at radius 2 is 1.37 bits per heavy atom. The van der Waals surface area contributed by atoms with E-state index in [1.165, 1.54) is 76.1 Å². The van der Waals surface area contributed by atoms with Crippen LogP contribution in [0, 0.1) is 0 Å². The topological polar surface area (TPSA) is 8.81 Å². The lowest BCUT2D eigenvalue weighted by Gasteiger charge is -2.01. The van der Waals surface area contributed by atoms with Crippen molar-refractivity contribution in [2.75, 3.05) is 5.33 Å². The van der Waals surface area contributed by atoms with Crippen LogP contribution < -0.4 is 4.57 Å². The predicted octanol–water partition coefficient (Wildman–Crippen LogP) is 4.61. The van der Waals surface area contributed by atoms with Gasteiger partial charge < -0.3 is 0 Å². The largest absolute Gasteiger partial charge is 0.243 e. The first-order valence-electron chi connectivity index (χ1n) is 7.90. The van der Waals surface area contributed by atoms with Crippen molar-refractivity contribution < 1.29 is 4.57 Å². The van der Waals surface area contributed by atoms with Crippen LogP contribution in [0.3, 0.4) is 0 Å². The maximum atomic E-state index is 3.48. The molecule has 0 aliphatic carbocycles. The van der Waals surface area contributed by atoms with Crippen LogP contribution in [-0.4, -0.2) is 9.90 Å². The van der Waals surface area contributed by atoms with Gasteiger partial charge in [-0.1, -0.05) is 60.9 Å². The Morgan fingerprint density at radius 1 is 0.842 bits per heavy atom. The highest BCUT2D eigenvalue weighted by Gasteiger charge is 1.99. The van der Waals surface area contributed by atoms with Crippen LogP contribution in [0.2, 0.25) is 0 Å². The van der Waals surface area contributed by atoms with E-state index >= 15 is 0 Å². The van der Waals surface area contributed by atoms with Crippen molar-refractivity contribution >= 4 is 15.9 Å². The lowest BCUT2D eigenvalue weighted by atomic mass is 10.1. The number of nitrogens with zero attached hydrogens (tertiary/aromatic N) is 2. The Balaban J connectivity index is 1.79. The number of halogens is 1. The summed E-state index contributed by atoms with van der Waals surface area (Å²) in [6.45, 7) is 1.17. The molecule has 1 rings (SSSR count). The summed E-state index contributed by atoms with van der Waals surface area (Å²) in [6.07, 6.45) is 20.5. The molecule has 2 nitrogen and oxygen atoms in total. The number of alkyl halides is 1. The molecule has 0 unspecified atom stereocenters. The van der Waals surface area contributed by atoms with E-state index in [1.54, 1.807) is 0 Å². The summed E-state index contributed by atoms with van der Waals surface area (Å²) in [6, 6.07) is 0. The lowest BCUT2D eigenvalue weighted by Crippen LogP contribution is -2.23. The SMILES string of the molecule is C[n+]1ccn(CCCCCCCCCCCCBr)c1. The summed E-state index contributed by atoms with van der Waals surface area (Å²) in [7, 11) is 2.08. The average molecular weight is 330 g/mol. The van der Waals surface area contributed by atoms with E-state index in [0.717, 1.165) is 0 Å². The molecule has 0 aromatic carbocycles. The maximum Gasteiger partial charge on any atom is 0.243 e. The van der Waals surface area contributed by atoms with Crippen LogP contribution in [0.25, 0.3) is 0 Å². The van der Waals surface area contributed by atoms with Gasteiger partial charge in [0.2, 0.25) is 6.33 Å². The van der Waals surface area contributed by atoms with Gasteiger partial charge in [-0.2, -0.15) is 0 Å². The lowest BCUT2D eigenvalue weighted by molar-refractivity contribution is -0.671. The van der Waals surface area contributed by atoms with E-state index in [4.69, 9.17) is 0 Å². The molecule has 0 saturated carbocycles. The molecule has 1 aromatic rings. The van der Waals surface area contributed by atoms with Crippen molar-refractivity contribution in [3.8, 4) is 0 Å². The van der Waals surface area contributed by atoms with Crippen molar-refractivity contribution in [1.82, 2.24) is 4.57 Å². The van der Waals surface area contributed by atoms with Gasteiger partial charge in [-0.25, -0.2) is 9.13 Å². The average Bonchev–Trinajstić information content (AvgIpc) is 2.82. The zero-order chi connectivity index (χ0) is 13.8. The van der Waals surface area contributed by atoms with E-state index in [0.29, 0.717) is 0 Å². The Morgan fingerprint density at radius 3 is 1.84 bits per heavy atom. The van der Waals surface area contributed by atoms with Crippen LogP contribution in [0.5, 0.6) is 0 Å². The minimum Gasteiger partial charge on any atom is -0.240 e. The molecular formula is C16H30BrN2+. The van der Waals surface area contributed by atoms with Gasteiger partial charge in [0.15, 0.2) is 0 Å². The normalized spacial score (nSPS) is 11.1. The third kappa shape index (κ3) is 9.26. The molecule has 0 aliphatic rings. The molecule has 1 aromatic heterocycles. The summed E-state index contributed by atoms with van der Waals surface area (Å²) >= 11 is 3.48. The number of aromatic nitrogens is 2. The zero-order valence-corrected chi connectivity index (χ0v) is 14.1. The molecule has 0 saturated heterocycles. The van der Waals surface area contributed by atoms with Gasteiger partial charge >= 0.3 is 0 Å². The fourth-order valence-corrected chi connectivity index (χ4v) is 2.83. The second-order valence-electron chi connectivity index (χ2n) is 5.54. The summed E-state index contributed by atoms with van der Waals surface area (Å²) in [5.41, 5.74) is 0. The van der Waals surface area contributed by atoms with Crippen LogP contribution in [0.1, 0.15) is 64.2 Å². The number of imidazole rings is 1. The fourth-order valence-electron chi connectivity index (χ4n) is 2.44. The molecule has 0 bridgehead atoms. The molecule has 110 valence electrons. The molecule has 0 atom stereocenters. The summed E-state index contributed by atoms with van der Waals surface area (Å²) in [5, 5.41) is 1.17. The van der Waals surface area contributed by atoms with Gasteiger partial charge in [0.25, 0.3) is 0 Å². The number of rotatable bonds is 12. The Kier molecular flexibility index (Phi) is 10.1. The van der Waals surface area contributed by atoms with Gasteiger partial charge in [-0.15, -0.1) is 0 Å². The fraction of sp³-hybridized carbons (Fsp3) is 0.812. The smallest absolute Gasteiger partial charge is 0.240 e. The van der Waals surface area contributed by atoms with Crippen molar-refractivity contribution in [2.45, 2.75) is 70.8 Å². The van der Waals surface area contributed by atoms with Gasteiger partial charge in [0.1, 0.15) is 12.4 Å². The molecule has 1 heterocycles. The minimum absolute atomic E-state index is 1.17. The summed E-state index contributed by atoms with van der Waals surface area (Å²) in [5.74, 6) is 0. The molecule has 3 heteroatoms. The third-order valence-corrected chi connectivity index (χ3v) is 4.18. The number of hydrogen-bond donors (Lipinski definition) is 0. The van der Waals surface area contributed by atoms with E-state index in [1.807, 2.05) is 0 Å². The van der Waals surface area contributed by atoms with E-state index in [9.17, 15) is 0 Å². The van der Waals surface area contributed by atoms with Crippen LogP contribution >= 0.6 is 15.9 Å². The van der Waals surface area contributed by atoms with Gasteiger partial charge in [0, 0.05) is 5.33 Å². The first-order chi connectivity index (χ1) is 9.33. The predicted molar refractivity (Wildman–Crippen MR) is 85.6 cm³/mol. The molecule has 0 spiro atoms. The Bertz CT molecular complexity index is 309. The zero-order valence-electron chi connectivity index (χ0n) is 12.5. The number of aryl methyl sites for hydroxylation is 2. The van der Waals surface area contributed by atoms with Crippen LogP contribution in [0.15, 0.2) is 18.7 Å². The molecule has 0 amide bonds. The number of hydrogen-bond acceptors (Lipinski definition) is 0. The van der Waals surface area contributed by atoms with Crippen molar-refractivity contribution in [2.24, 2.45) is 7.05 Å². The van der Waals surface area contributed by atoms with Crippen molar-refractivity contribution in [3.05, 3.63) is 18.7 Å². The van der Waals surface area contributed by atoms with E-state index in [2.05, 4.69) is 50.8 Å². The van der Waals surface area contributed by atoms with E-state index < -0.39 is 0 Å². The third-order valence-electron chi connectivity index (χ3n) is 3.62. The van der Waals surface area contributed by atoms with E-state index in [-0.39, 0.29) is 0 Å². The number of unbranched alkanes of at least 4 members (excludes halogenated alkanes) is 9. The Labute approximate surface area is 127 Å². The highest BCUT2D eigenvalue weighted by Crippen LogP contribution is 2.11. The van der Waals surface area contributed by atoms with Crippen LogP contribution in [0.4, 0.5) is 0 Å². The van der Waals surface area contributed by atoms with Crippen molar-refractivity contribution in [1.29, 1.82) is 0 Å².